The fourth-order valence-corrected chi connectivity index (χ4v) is 2.85. The van der Waals surface area contributed by atoms with Crippen molar-refractivity contribution in [3.8, 4) is 6.07 Å². The monoisotopic (exact) mass is 243 g/mol. The summed E-state index contributed by atoms with van der Waals surface area (Å²) in [7, 11) is 0. The van der Waals surface area contributed by atoms with Gasteiger partial charge in [0.05, 0.1) is 11.3 Å². The number of hydrogen-bond donors (Lipinski definition) is 1. The second kappa shape index (κ2) is 5.41. The molecule has 18 heavy (non-hydrogen) atoms. The van der Waals surface area contributed by atoms with Crippen LogP contribution in [0.2, 0.25) is 0 Å². The number of rotatable bonds is 2. The molecule has 0 aliphatic carbocycles. The van der Waals surface area contributed by atoms with Crippen molar-refractivity contribution in [1.29, 1.82) is 5.26 Å². The summed E-state index contributed by atoms with van der Waals surface area (Å²) in [6.07, 6.45) is 2.11. The third-order valence-electron chi connectivity index (χ3n) is 3.99. The van der Waals surface area contributed by atoms with Gasteiger partial charge in [0.1, 0.15) is 6.07 Å². The van der Waals surface area contributed by atoms with E-state index in [9.17, 15) is 5.26 Å². The van der Waals surface area contributed by atoms with Gasteiger partial charge >= 0.3 is 0 Å². The Morgan fingerprint density at radius 2 is 2.28 bits per heavy atom. The molecule has 1 aliphatic rings. The van der Waals surface area contributed by atoms with E-state index >= 15 is 0 Å². The fraction of sp³-hybridized carbons (Fsp3) is 0.533. The van der Waals surface area contributed by atoms with E-state index in [0.717, 1.165) is 37.2 Å². The van der Waals surface area contributed by atoms with Crippen molar-refractivity contribution in [2.24, 2.45) is 11.7 Å². The van der Waals surface area contributed by atoms with Crippen LogP contribution in [0.25, 0.3) is 0 Å². The van der Waals surface area contributed by atoms with Gasteiger partial charge in [-0.15, -0.1) is 0 Å². The van der Waals surface area contributed by atoms with Crippen LogP contribution in [0, 0.1) is 24.2 Å². The summed E-state index contributed by atoms with van der Waals surface area (Å²) in [5.41, 5.74) is 9.21. The first kappa shape index (κ1) is 12.9. The van der Waals surface area contributed by atoms with Crippen LogP contribution in [-0.4, -0.2) is 19.1 Å². The van der Waals surface area contributed by atoms with Crippen molar-refractivity contribution in [2.45, 2.75) is 32.7 Å². The molecule has 2 rings (SSSR count). The van der Waals surface area contributed by atoms with Gasteiger partial charge in [0.2, 0.25) is 0 Å². The van der Waals surface area contributed by atoms with Crippen molar-refractivity contribution in [1.82, 2.24) is 0 Å². The Morgan fingerprint density at radius 1 is 1.50 bits per heavy atom. The third kappa shape index (κ3) is 2.34. The number of anilines is 1. The van der Waals surface area contributed by atoms with Crippen LogP contribution < -0.4 is 10.6 Å². The van der Waals surface area contributed by atoms with Gasteiger partial charge in [-0.2, -0.15) is 5.26 Å². The number of nitriles is 1. The van der Waals surface area contributed by atoms with Crippen LogP contribution in [-0.2, 0) is 0 Å². The standard InChI is InChI=1S/C15H21N3/c1-3-12-10-18(8-7-14(12)17)15-11(2)5-4-6-13(15)9-16/h4-6,12,14H,3,7-8,10,17H2,1-2H3. The zero-order valence-corrected chi connectivity index (χ0v) is 11.2. The molecule has 2 N–H and O–H groups in total. The van der Waals surface area contributed by atoms with Gasteiger partial charge < -0.3 is 10.6 Å². The number of aryl methyl sites for hydroxylation is 1. The highest BCUT2D eigenvalue weighted by molar-refractivity contribution is 5.64. The molecule has 1 aromatic carbocycles. The minimum atomic E-state index is 0.306. The van der Waals surface area contributed by atoms with Crippen LogP contribution in [0.1, 0.15) is 30.9 Å². The van der Waals surface area contributed by atoms with Crippen LogP contribution in [0.5, 0.6) is 0 Å². The van der Waals surface area contributed by atoms with E-state index in [1.807, 2.05) is 12.1 Å². The van der Waals surface area contributed by atoms with E-state index < -0.39 is 0 Å². The quantitative estimate of drug-likeness (QED) is 0.868. The fourth-order valence-electron chi connectivity index (χ4n) is 2.85. The molecule has 0 amide bonds. The molecule has 0 radical (unpaired) electrons. The van der Waals surface area contributed by atoms with Gasteiger partial charge in [0, 0.05) is 19.1 Å². The maximum atomic E-state index is 9.25. The van der Waals surface area contributed by atoms with E-state index in [1.54, 1.807) is 0 Å². The Kier molecular flexibility index (Phi) is 3.88. The van der Waals surface area contributed by atoms with Crippen molar-refractivity contribution >= 4 is 5.69 Å². The minimum absolute atomic E-state index is 0.306. The van der Waals surface area contributed by atoms with Crippen molar-refractivity contribution in [3.05, 3.63) is 29.3 Å². The predicted octanol–water partition coefficient (Wildman–Crippen LogP) is 2.43. The van der Waals surface area contributed by atoms with Crippen LogP contribution in [0.3, 0.4) is 0 Å². The summed E-state index contributed by atoms with van der Waals surface area (Å²) in [4.78, 5) is 2.34. The summed E-state index contributed by atoms with van der Waals surface area (Å²) >= 11 is 0. The molecule has 2 atom stereocenters. The highest BCUT2D eigenvalue weighted by Gasteiger charge is 2.27. The highest BCUT2D eigenvalue weighted by Crippen LogP contribution is 2.29. The van der Waals surface area contributed by atoms with Crippen LogP contribution in [0.15, 0.2) is 18.2 Å². The summed E-state index contributed by atoms with van der Waals surface area (Å²) in [6.45, 7) is 6.19. The average Bonchev–Trinajstić information content (AvgIpc) is 2.39. The second-order valence-electron chi connectivity index (χ2n) is 5.15. The topological polar surface area (TPSA) is 53.0 Å². The molecule has 1 aromatic rings. The highest BCUT2D eigenvalue weighted by atomic mass is 15.1. The van der Waals surface area contributed by atoms with E-state index in [2.05, 4.69) is 30.9 Å². The zero-order valence-electron chi connectivity index (χ0n) is 11.2. The van der Waals surface area contributed by atoms with E-state index in [1.165, 1.54) is 5.56 Å². The van der Waals surface area contributed by atoms with E-state index in [0.29, 0.717) is 12.0 Å². The summed E-state index contributed by atoms with van der Waals surface area (Å²) in [5, 5.41) is 9.25. The lowest BCUT2D eigenvalue weighted by molar-refractivity contribution is 0.348. The Balaban J connectivity index is 2.30. The molecule has 1 saturated heterocycles. The molecule has 1 heterocycles. The van der Waals surface area contributed by atoms with Crippen molar-refractivity contribution in [2.75, 3.05) is 18.0 Å². The van der Waals surface area contributed by atoms with Crippen LogP contribution in [0.4, 0.5) is 5.69 Å². The second-order valence-corrected chi connectivity index (χ2v) is 5.15. The molecule has 3 heteroatoms. The smallest absolute Gasteiger partial charge is 0.101 e. The maximum Gasteiger partial charge on any atom is 0.101 e. The Labute approximate surface area is 109 Å². The molecule has 1 fully saturated rings. The number of piperidine rings is 1. The average molecular weight is 243 g/mol. The molecule has 96 valence electrons. The molecule has 2 unspecified atom stereocenters. The predicted molar refractivity (Wildman–Crippen MR) is 74.5 cm³/mol. The molecule has 3 nitrogen and oxygen atoms in total. The SMILES string of the molecule is CCC1CN(c2c(C)cccc2C#N)CCC1N. The molecule has 0 aromatic heterocycles. The molecule has 1 aliphatic heterocycles. The van der Waals surface area contributed by atoms with Gasteiger partial charge in [0.25, 0.3) is 0 Å². The van der Waals surface area contributed by atoms with Crippen molar-refractivity contribution in [3.63, 3.8) is 0 Å². The summed E-state index contributed by atoms with van der Waals surface area (Å²) < 4.78 is 0. The molecule has 0 bridgehead atoms. The summed E-state index contributed by atoms with van der Waals surface area (Å²) in [5.74, 6) is 0.532. The normalized spacial score (nSPS) is 23.8. The number of benzene rings is 1. The van der Waals surface area contributed by atoms with Gasteiger partial charge in [-0.3, -0.25) is 0 Å². The Bertz CT molecular complexity index is 461. The van der Waals surface area contributed by atoms with Gasteiger partial charge in [-0.05, 0) is 30.9 Å². The lowest BCUT2D eigenvalue weighted by Gasteiger charge is -2.39. The number of nitrogens with two attached hydrogens (primary N) is 1. The number of nitrogens with zero attached hydrogens (tertiary/aromatic N) is 2. The summed E-state index contributed by atoms with van der Waals surface area (Å²) in [6, 6.07) is 8.54. The number of para-hydroxylation sites is 1. The first-order valence-corrected chi connectivity index (χ1v) is 6.67. The lowest BCUT2D eigenvalue weighted by atomic mass is 9.89. The molecule has 0 saturated carbocycles. The van der Waals surface area contributed by atoms with Gasteiger partial charge in [0.15, 0.2) is 0 Å². The first-order valence-electron chi connectivity index (χ1n) is 6.67. The van der Waals surface area contributed by atoms with Crippen molar-refractivity contribution < 1.29 is 0 Å². The van der Waals surface area contributed by atoms with Gasteiger partial charge in [-0.1, -0.05) is 25.5 Å². The first-order chi connectivity index (χ1) is 8.67. The number of hydrogen-bond acceptors (Lipinski definition) is 3. The van der Waals surface area contributed by atoms with Crippen LogP contribution >= 0.6 is 0 Å². The molecule has 0 spiro atoms. The third-order valence-corrected chi connectivity index (χ3v) is 3.99. The Hall–Kier alpha value is -1.53. The largest absolute Gasteiger partial charge is 0.370 e. The zero-order chi connectivity index (χ0) is 13.1. The van der Waals surface area contributed by atoms with E-state index in [4.69, 9.17) is 5.73 Å². The Morgan fingerprint density at radius 3 is 2.94 bits per heavy atom. The van der Waals surface area contributed by atoms with E-state index in [-0.39, 0.29) is 0 Å². The lowest BCUT2D eigenvalue weighted by Crippen LogP contribution is -2.47. The molecular weight excluding hydrogens is 222 g/mol. The van der Waals surface area contributed by atoms with Gasteiger partial charge in [-0.25, -0.2) is 0 Å². The maximum absolute atomic E-state index is 9.25. The minimum Gasteiger partial charge on any atom is -0.370 e. The molecular formula is C15H21N3.